The van der Waals surface area contributed by atoms with E-state index in [0.717, 1.165) is 40.7 Å². The Balaban J connectivity index is 2.37. The Kier molecular flexibility index (Phi) is 5.48. The van der Waals surface area contributed by atoms with Crippen LogP contribution in [-0.2, 0) is 6.54 Å². The third-order valence-corrected chi connectivity index (χ3v) is 3.59. The molecule has 0 saturated carbocycles. The zero-order valence-corrected chi connectivity index (χ0v) is 13.3. The summed E-state index contributed by atoms with van der Waals surface area (Å²) in [5.41, 5.74) is 3.11. The van der Waals surface area contributed by atoms with Crippen molar-refractivity contribution in [3.8, 4) is 22.6 Å². The maximum absolute atomic E-state index is 6.42. The standard InChI is InChI=1S/C17H20ClNO2/c1-4-19-11-12-5-6-16(17(18)7-12)13-8-14(20-2)10-15(9-13)21-3/h5-10,19H,4,11H2,1-3H3. The summed E-state index contributed by atoms with van der Waals surface area (Å²) in [7, 11) is 3.28. The van der Waals surface area contributed by atoms with Gasteiger partial charge in [-0.2, -0.15) is 0 Å². The Morgan fingerprint density at radius 2 is 1.67 bits per heavy atom. The molecule has 0 aliphatic heterocycles. The summed E-state index contributed by atoms with van der Waals surface area (Å²) < 4.78 is 10.6. The smallest absolute Gasteiger partial charge is 0.123 e. The number of ether oxygens (including phenoxy) is 2. The summed E-state index contributed by atoms with van der Waals surface area (Å²) in [6, 6.07) is 11.9. The van der Waals surface area contributed by atoms with Crippen LogP contribution >= 0.6 is 11.6 Å². The second kappa shape index (κ2) is 7.34. The molecule has 0 spiro atoms. The monoisotopic (exact) mass is 305 g/mol. The van der Waals surface area contributed by atoms with Gasteiger partial charge >= 0.3 is 0 Å². The number of halogens is 1. The highest BCUT2D eigenvalue weighted by Gasteiger charge is 2.08. The largest absolute Gasteiger partial charge is 0.497 e. The highest BCUT2D eigenvalue weighted by molar-refractivity contribution is 6.33. The molecule has 0 aliphatic carbocycles. The third kappa shape index (κ3) is 3.90. The summed E-state index contributed by atoms with van der Waals surface area (Å²) in [6.07, 6.45) is 0. The van der Waals surface area contributed by atoms with Crippen LogP contribution in [0.25, 0.3) is 11.1 Å². The lowest BCUT2D eigenvalue weighted by atomic mass is 10.0. The molecule has 3 nitrogen and oxygen atoms in total. The Hall–Kier alpha value is -1.71. The fraction of sp³-hybridized carbons (Fsp3) is 0.294. The molecule has 4 heteroatoms. The predicted octanol–water partition coefficient (Wildman–Crippen LogP) is 4.13. The van der Waals surface area contributed by atoms with Gasteiger partial charge < -0.3 is 14.8 Å². The molecule has 0 unspecified atom stereocenters. The van der Waals surface area contributed by atoms with Crippen LogP contribution in [0, 0.1) is 0 Å². The molecule has 2 aromatic carbocycles. The van der Waals surface area contributed by atoms with Crippen molar-refractivity contribution in [2.75, 3.05) is 20.8 Å². The van der Waals surface area contributed by atoms with Gasteiger partial charge in [0.15, 0.2) is 0 Å². The van der Waals surface area contributed by atoms with E-state index in [9.17, 15) is 0 Å². The summed E-state index contributed by atoms with van der Waals surface area (Å²) in [4.78, 5) is 0. The van der Waals surface area contributed by atoms with E-state index in [2.05, 4.69) is 18.3 Å². The Morgan fingerprint density at radius 1 is 1.00 bits per heavy atom. The van der Waals surface area contributed by atoms with E-state index in [1.807, 2.05) is 30.3 Å². The van der Waals surface area contributed by atoms with Crippen LogP contribution in [0.5, 0.6) is 11.5 Å². The van der Waals surface area contributed by atoms with Crippen LogP contribution in [0.4, 0.5) is 0 Å². The second-order valence-electron chi connectivity index (χ2n) is 4.70. The first-order chi connectivity index (χ1) is 10.2. The maximum atomic E-state index is 6.42. The van der Waals surface area contributed by atoms with Crippen molar-refractivity contribution >= 4 is 11.6 Å². The van der Waals surface area contributed by atoms with Crippen molar-refractivity contribution < 1.29 is 9.47 Å². The zero-order valence-electron chi connectivity index (χ0n) is 12.6. The van der Waals surface area contributed by atoms with Crippen LogP contribution < -0.4 is 14.8 Å². The topological polar surface area (TPSA) is 30.5 Å². The molecule has 0 aromatic heterocycles. The molecular formula is C17H20ClNO2. The van der Waals surface area contributed by atoms with Gasteiger partial charge in [0.2, 0.25) is 0 Å². The highest BCUT2D eigenvalue weighted by atomic mass is 35.5. The summed E-state index contributed by atoms with van der Waals surface area (Å²) in [5.74, 6) is 1.49. The molecule has 0 atom stereocenters. The van der Waals surface area contributed by atoms with Gasteiger partial charge in [-0.3, -0.25) is 0 Å². The molecule has 0 amide bonds. The molecule has 21 heavy (non-hydrogen) atoms. The van der Waals surface area contributed by atoms with E-state index < -0.39 is 0 Å². The van der Waals surface area contributed by atoms with Crippen LogP contribution in [0.2, 0.25) is 5.02 Å². The number of hydrogen-bond acceptors (Lipinski definition) is 3. The Bertz CT molecular complexity index is 591. The van der Waals surface area contributed by atoms with Gasteiger partial charge in [0.25, 0.3) is 0 Å². The van der Waals surface area contributed by atoms with Crippen molar-refractivity contribution in [1.29, 1.82) is 0 Å². The van der Waals surface area contributed by atoms with E-state index >= 15 is 0 Å². The van der Waals surface area contributed by atoms with Crippen molar-refractivity contribution in [3.05, 3.63) is 47.0 Å². The molecule has 112 valence electrons. The minimum absolute atomic E-state index is 0.723. The van der Waals surface area contributed by atoms with Gasteiger partial charge in [0, 0.05) is 23.2 Å². The van der Waals surface area contributed by atoms with Crippen molar-refractivity contribution in [2.24, 2.45) is 0 Å². The van der Waals surface area contributed by atoms with Gasteiger partial charge in [-0.1, -0.05) is 30.7 Å². The number of rotatable bonds is 6. The van der Waals surface area contributed by atoms with E-state index in [4.69, 9.17) is 21.1 Å². The van der Waals surface area contributed by atoms with E-state index in [0.29, 0.717) is 0 Å². The highest BCUT2D eigenvalue weighted by Crippen LogP contribution is 2.34. The molecule has 2 aromatic rings. The molecule has 0 bridgehead atoms. The molecule has 0 radical (unpaired) electrons. The summed E-state index contributed by atoms with van der Waals surface area (Å²) in [6.45, 7) is 3.84. The van der Waals surface area contributed by atoms with Crippen LogP contribution in [0.3, 0.4) is 0 Å². The third-order valence-electron chi connectivity index (χ3n) is 3.28. The molecule has 2 rings (SSSR count). The number of methoxy groups -OCH3 is 2. The van der Waals surface area contributed by atoms with E-state index in [-0.39, 0.29) is 0 Å². The van der Waals surface area contributed by atoms with Gasteiger partial charge in [-0.15, -0.1) is 0 Å². The predicted molar refractivity (Wildman–Crippen MR) is 87.4 cm³/mol. The zero-order chi connectivity index (χ0) is 15.2. The first-order valence-corrected chi connectivity index (χ1v) is 7.28. The number of hydrogen-bond donors (Lipinski definition) is 1. The lowest BCUT2D eigenvalue weighted by molar-refractivity contribution is 0.394. The van der Waals surface area contributed by atoms with Crippen molar-refractivity contribution in [3.63, 3.8) is 0 Å². The molecular weight excluding hydrogens is 286 g/mol. The lowest BCUT2D eigenvalue weighted by Crippen LogP contribution is -2.11. The molecule has 0 heterocycles. The van der Waals surface area contributed by atoms with Crippen LogP contribution in [0.15, 0.2) is 36.4 Å². The van der Waals surface area contributed by atoms with E-state index in [1.54, 1.807) is 14.2 Å². The minimum Gasteiger partial charge on any atom is -0.497 e. The second-order valence-corrected chi connectivity index (χ2v) is 5.10. The Morgan fingerprint density at radius 3 is 2.19 bits per heavy atom. The average Bonchev–Trinajstić information content (AvgIpc) is 2.52. The van der Waals surface area contributed by atoms with Gasteiger partial charge in [0.1, 0.15) is 11.5 Å². The van der Waals surface area contributed by atoms with Gasteiger partial charge in [-0.05, 0) is 35.9 Å². The molecule has 0 aliphatic rings. The lowest BCUT2D eigenvalue weighted by Gasteiger charge is -2.11. The van der Waals surface area contributed by atoms with Crippen molar-refractivity contribution in [2.45, 2.75) is 13.5 Å². The minimum atomic E-state index is 0.723. The Labute approximate surface area is 130 Å². The van der Waals surface area contributed by atoms with Crippen LogP contribution in [0.1, 0.15) is 12.5 Å². The van der Waals surface area contributed by atoms with E-state index in [1.165, 1.54) is 5.56 Å². The fourth-order valence-corrected chi connectivity index (χ4v) is 2.45. The number of benzene rings is 2. The molecule has 1 N–H and O–H groups in total. The number of nitrogens with one attached hydrogen (secondary N) is 1. The SMILES string of the molecule is CCNCc1ccc(-c2cc(OC)cc(OC)c2)c(Cl)c1. The maximum Gasteiger partial charge on any atom is 0.123 e. The van der Waals surface area contributed by atoms with Crippen molar-refractivity contribution in [1.82, 2.24) is 5.32 Å². The molecule has 0 fully saturated rings. The summed E-state index contributed by atoms with van der Waals surface area (Å²) >= 11 is 6.42. The van der Waals surface area contributed by atoms with Gasteiger partial charge in [0.05, 0.1) is 14.2 Å². The summed E-state index contributed by atoms with van der Waals surface area (Å²) in [5, 5.41) is 4.01. The average molecular weight is 306 g/mol. The quantitative estimate of drug-likeness (QED) is 0.870. The fourth-order valence-electron chi connectivity index (χ4n) is 2.13. The normalized spacial score (nSPS) is 10.5. The first-order valence-electron chi connectivity index (χ1n) is 6.90. The molecule has 0 saturated heterocycles. The first kappa shape index (κ1) is 15.7. The van der Waals surface area contributed by atoms with Gasteiger partial charge in [-0.25, -0.2) is 0 Å². The van der Waals surface area contributed by atoms with Crippen LogP contribution in [-0.4, -0.2) is 20.8 Å².